The lowest BCUT2D eigenvalue weighted by Gasteiger charge is -2.34. The third kappa shape index (κ3) is 9.53. The molecule has 0 saturated carbocycles. The fourth-order valence-electron chi connectivity index (χ4n) is 5.04. The van der Waals surface area contributed by atoms with Gasteiger partial charge >= 0.3 is 0 Å². The van der Waals surface area contributed by atoms with E-state index >= 15 is 0 Å². The Morgan fingerprint density at radius 1 is 0.872 bits per heavy atom. The zero-order valence-electron chi connectivity index (χ0n) is 26.8. The Morgan fingerprint density at radius 3 is 2.17 bits per heavy atom. The number of carbonyl (C=O) groups is 2. The van der Waals surface area contributed by atoms with Gasteiger partial charge in [-0.2, -0.15) is 0 Å². The molecule has 47 heavy (non-hydrogen) atoms. The summed E-state index contributed by atoms with van der Waals surface area (Å²) in [6.45, 7) is 3.96. The van der Waals surface area contributed by atoms with E-state index in [1.165, 1.54) is 28.8 Å². The standard InChI is InChI=1S/C36H40ClN3O5S2/c1-4-23-38-36(42)33(24-27-11-7-6-8-12-27)39(25-28-15-17-29(37)18-16-28)35(41)26-40(32-13-9-10-14-34(32)45-5-2)47(43,44)31-21-19-30(46-3)20-22-31/h6-22,33H,4-5,23-26H2,1-3H3,(H,38,42)/t33-/m0/s1. The monoisotopic (exact) mass is 693 g/mol. The first-order valence-corrected chi connectivity index (χ1v) is 18.5. The minimum Gasteiger partial charge on any atom is -0.492 e. The summed E-state index contributed by atoms with van der Waals surface area (Å²) < 4.78 is 35.7. The lowest BCUT2D eigenvalue weighted by Crippen LogP contribution is -2.53. The second-order valence-electron chi connectivity index (χ2n) is 10.7. The Balaban J connectivity index is 1.83. The summed E-state index contributed by atoms with van der Waals surface area (Å²) in [5, 5.41) is 3.49. The van der Waals surface area contributed by atoms with Gasteiger partial charge in [0.25, 0.3) is 10.0 Å². The lowest BCUT2D eigenvalue weighted by atomic mass is 10.0. The predicted molar refractivity (Wildman–Crippen MR) is 190 cm³/mol. The van der Waals surface area contributed by atoms with Gasteiger partial charge in [-0.3, -0.25) is 13.9 Å². The van der Waals surface area contributed by atoms with Crippen molar-refractivity contribution in [2.75, 3.05) is 30.3 Å². The van der Waals surface area contributed by atoms with Gasteiger partial charge in [-0.15, -0.1) is 11.8 Å². The van der Waals surface area contributed by atoms with Gasteiger partial charge in [0.1, 0.15) is 18.3 Å². The quantitative estimate of drug-likeness (QED) is 0.129. The number of hydrogen-bond donors (Lipinski definition) is 1. The van der Waals surface area contributed by atoms with E-state index in [2.05, 4.69) is 5.32 Å². The number of amides is 2. The number of benzene rings is 4. The van der Waals surface area contributed by atoms with E-state index in [1.54, 1.807) is 67.6 Å². The molecule has 248 valence electrons. The molecule has 0 fully saturated rings. The molecule has 8 nitrogen and oxygen atoms in total. The fourth-order valence-corrected chi connectivity index (χ4v) is 6.99. The molecular weight excluding hydrogens is 654 g/mol. The molecule has 4 rings (SSSR count). The number of nitrogens with one attached hydrogen (secondary N) is 1. The number of rotatable bonds is 16. The Kier molecular flexibility index (Phi) is 13.2. The SMILES string of the molecule is CCCNC(=O)[C@H](Cc1ccccc1)N(Cc1ccc(Cl)cc1)C(=O)CN(c1ccccc1OCC)S(=O)(=O)c1ccc(SC)cc1. The number of nitrogens with zero attached hydrogens (tertiary/aromatic N) is 2. The minimum absolute atomic E-state index is 0.0279. The number of sulfonamides is 1. The van der Waals surface area contributed by atoms with Crippen LogP contribution in [0.1, 0.15) is 31.4 Å². The first kappa shape index (κ1) is 35.9. The molecular formula is C36H40ClN3O5S2. The molecule has 0 aliphatic heterocycles. The molecule has 1 N–H and O–H groups in total. The van der Waals surface area contributed by atoms with Crippen molar-refractivity contribution in [1.29, 1.82) is 0 Å². The number of hydrogen-bond acceptors (Lipinski definition) is 6. The summed E-state index contributed by atoms with van der Waals surface area (Å²) in [5.41, 5.74) is 1.82. The molecule has 4 aromatic carbocycles. The molecule has 0 unspecified atom stereocenters. The van der Waals surface area contributed by atoms with Gasteiger partial charge in [0.05, 0.1) is 17.2 Å². The summed E-state index contributed by atoms with van der Waals surface area (Å²) in [7, 11) is -4.27. The van der Waals surface area contributed by atoms with Gasteiger partial charge in [0.2, 0.25) is 11.8 Å². The number of halogens is 1. The van der Waals surface area contributed by atoms with Crippen LogP contribution >= 0.6 is 23.4 Å². The van der Waals surface area contributed by atoms with Crippen LogP contribution in [0, 0.1) is 0 Å². The second kappa shape index (κ2) is 17.2. The molecule has 0 aliphatic rings. The van der Waals surface area contributed by atoms with E-state index in [9.17, 15) is 18.0 Å². The first-order chi connectivity index (χ1) is 22.7. The maximum absolute atomic E-state index is 14.6. The molecule has 0 heterocycles. The van der Waals surface area contributed by atoms with Crippen LogP contribution in [-0.4, -0.2) is 57.1 Å². The van der Waals surface area contributed by atoms with Crippen LogP contribution in [0.15, 0.2) is 113 Å². The van der Waals surface area contributed by atoms with E-state index in [4.69, 9.17) is 16.3 Å². The van der Waals surface area contributed by atoms with Crippen molar-refractivity contribution in [3.8, 4) is 5.75 Å². The Morgan fingerprint density at radius 2 is 1.53 bits per heavy atom. The van der Waals surface area contributed by atoms with E-state index < -0.39 is 28.5 Å². The van der Waals surface area contributed by atoms with Gasteiger partial charge in [-0.25, -0.2) is 8.42 Å². The third-order valence-electron chi connectivity index (χ3n) is 7.45. The Hall–Kier alpha value is -3.99. The molecule has 4 aromatic rings. The topological polar surface area (TPSA) is 96.0 Å². The molecule has 0 aromatic heterocycles. The molecule has 1 atom stereocenters. The van der Waals surface area contributed by atoms with Gasteiger partial charge in [0, 0.05) is 29.4 Å². The molecule has 0 spiro atoms. The van der Waals surface area contributed by atoms with Crippen molar-refractivity contribution < 1.29 is 22.7 Å². The van der Waals surface area contributed by atoms with E-state index in [0.717, 1.165) is 20.3 Å². The number of para-hydroxylation sites is 2. The molecule has 0 saturated heterocycles. The van der Waals surface area contributed by atoms with Gasteiger partial charge in [0.15, 0.2) is 0 Å². The maximum Gasteiger partial charge on any atom is 0.264 e. The highest BCUT2D eigenvalue weighted by Crippen LogP contribution is 2.33. The van der Waals surface area contributed by atoms with Gasteiger partial charge in [-0.1, -0.05) is 73.1 Å². The van der Waals surface area contributed by atoms with Crippen LogP contribution in [0.5, 0.6) is 5.75 Å². The maximum atomic E-state index is 14.6. The summed E-state index contributed by atoms with van der Waals surface area (Å²) in [5.74, 6) is -0.559. The normalized spacial score (nSPS) is 11.8. The fraction of sp³-hybridized carbons (Fsp3) is 0.278. The van der Waals surface area contributed by atoms with Gasteiger partial charge in [-0.05, 0) is 79.3 Å². The van der Waals surface area contributed by atoms with Crippen LogP contribution in [-0.2, 0) is 32.6 Å². The molecule has 11 heteroatoms. The highest BCUT2D eigenvalue weighted by Gasteiger charge is 2.35. The lowest BCUT2D eigenvalue weighted by molar-refractivity contribution is -0.140. The predicted octanol–water partition coefficient (Wildman–Crippen LogP) is 6.82. The van der Waals surface area contributed by atoms with E-state index in [0.29, 0.717) is 30.3 Å². The molecule has 2 amide bonds. The summed E-state index contributed by atoms with van der Waals surface area (Å²) in [6.07, 6.45) is 2.85. The van der Waals surface area contributed by atoms with Crippen LogP contribution in [0.4, 0.5) is 5.69 Å². The van der Waals surface area contributed by atoms with E-state index in [1.807, 2.05) is 43.5 Å². The van der Waals surface area contributed by atoms with Crippen molar-refractivity contribution >= 4 is 50.9 Å². The highest BCUT2D eigenvalue weighted by molar-refractivity contribution is 7.98. The van der Waals surface area contributed by atoms with Crippen LogP contribution in [0.25, 0.3) is 0 Å². The van der Waals surface area contributed by atoms with Gasteiger partial charge < -0.3 is 15.0 Å². The van der Waals surface area contributed by atoms with Crippen LogP contribution in [0.3, 0.4) is 0 Å². The van der Waals surface area contributed by atoms with Crippen molar-refractivity contribution in [3.63, 3.8) is 0 Å². The molecule has 0 aliphatic carbocycles. The van der Waals surface area contributed by atoms with Crippen molar-refractivity contribution in [3.05, 3.63) is 119 Å². The highest BCUT2D eigenvalue weighted by atomic mass is 35.5. The number of thioether (sulfide) groups is 1. The second-order valence-corrected chi connectivity index (χ2v) is 13.9. The van der Waals surface area contributed by atoms with E-state index in [-0.39, 0.29) is 29.5 Å². The molecule has 0 radical (unpaired) electrons. The summed E-state index contributed by atoms with van der Waals surface area (Å²) >= 11 is 7.66. The third-order valence-corrected chi connectivity index (χ3v) is 10.2. The Bertz CT molecular complexity index is 1720. The summed E-state index contributed by atoms with van der Waals surface area (Å²) in [4.78, 5) is 30.8. The Labute approximate surface area is 287 Å². The zero-order valence-corrected chi connectivity index (χ0v) is 29.2. The van der Waals surface area contributed by atoms with Crippen LogP contribution in [0.2, 0.25) is 5.02 Å². The number of carbonyl (C=O) groups excluding carboxylic acids is 2. The van der Waals surface area contributed by atoms with Crippen LogP contribution < -0.4 is 14.4 Å². The number of ether oxygens (including phenoxy) is 1. The van der Waals surface area contributed by atoms with Crippen molar-refractivity contribution in [2.24, 2.45) is 0 Å². The molecule has 0 bridgehead atoms. The smallest absolute Gasteiger partial charge is 0.264 e. The average molecular weight is 694 g/mol. The minimum atomic E-state index is -4.27. The number of anilines is 1. The van der Waals surface area contributed by atoms with Crippen molar-refractivity contribution in [1.82, 2.24) is 10.2 Å². The summed E-state index contributed by atoms with van der Waals surface area (Å²) in [6, 6.07) is 28.8. The zero-order chi connectivity index (χ0) is 33.8. The largest absolute Gasteiger partial charge is 0.492 e. The first-order valence-electron chi connectivity index (χ1n) is 15.4. The average Bonchev–Trinajstić information content (AvgIpc) is 3.09. The van der Waals surface area contributed by atoms with Crippen molar-refractivity contribution in [2.45, 2.75) is 49.1 Å².